The van der Waals surface area contributed by atoms with E-state index in [0.717, 1.165) is 4.90 Å². The molecule has 0 aromatic carbocycles. The second-order valence-electron chi connectivity index (χ2n) is 4.62. The molecule has 0 atom stereocenters. The second-order valence-corrected chi connectivity index (χ2v) is 4.62. The van der Waals surface area contributed by atoms with Crippen LogP contribution in [-0.2, 0) is 14.3 Å². The number of ether oxygens (including phenoxy) is 1. The molecule has 1 fully saturated rings. The Hall–Kier alpha value is -1.63. The highest BCUT2D eigenvalue weighted by atomic mass is 16.6. The minimum Gasteiger partial charge on any atom is -0.480 e. The summed E-state index contributed by atoms with van der Waals surface area (Å²) in [6.45, 7) is 4.49. The van der Waals surface area contributed by atoms with Gasteiger partial charge in [0, 0.05) is 6.54 Å². The number of rotatable bonds is 6. The Morgan fingerprint density at radius 2 is 2.11 bits per heavy atom. The lowest BCUT2D eigenvalue weighted by Crippen LogP contribution is -2.43. The van der Waals surface area contributed by atoms with Crippen molar-refractivity contribution < 1.29 is 24.2 Å². The summed E-state index contributed by atoms with van der Waals surface area (Å²) in [4.78, 5) is 36.2. The van der Waals surface area contributed by atoms with Gasteiger partial charge in [-0.3, -0.25) is 14.5 Å². The third-order valence-corrected chi connectivity index (χ3v) is 2.40. The van der Waals surface area contributed by atoms with Crippen molar-refractivity contribution in [2.45, 2.75) is 13.8 Å². The quantitative estimate of drug-likeness (QED) is 0.722. The number of hydrogen-bond acceptors (Lipinski definition) is 5. The van der Waals surface area contributed by atoms with E-state index in [0.29, 0.717) is 6.54 Å². The summed E-state index contributed by atoms with van der Waals surface area (Å²) >= 11 is 0. The Morgan fingerprint density at radius 1 is 1.44 bits per heavy atom. The van der Waals surface area contributed by atoms with Crippen LogP contribution in [0.15, 0.2) is 0 Å². The number of aliphatic carboxylic acids is 1. The smallest absolute Gasteiger partial charge is 0.416 e. The van der Waals surface area contributed by atoms with Gasteiger partial charge in [0.25, 0.3) is 0 Å². The van der Waals surface area contributed by atoms with Crippen LogP contribution < -0.4 is 0 Å². The summed E-state index contributed by atoms with van der Waals surface area (Å²) in [5.41, 5.74) is 0. The zero-order valence-electron chi connectivity index (χ0n) is 10.6. The van der Waals surface area contributed by atoms with E-state index in [1.54, 1.807) is 0 Å². The Bertz CT molecular complexity index is 342. The monoisotopic (exact) mass is 258 g/mol. The van der Waals surface area contributed by atoms with E-state index in [-0.39, 0.29) is 32.2 Å². The van der Waals surface area contributed by atoms with Gasteiger partial charge in [0.15, 0.2) is 0 Å². The fraction of sp³-hybridized carbons (Fsp3) is 0.727. The summed E-state index contributed by atoms with van der Waals surface area (Å²) in [5.74, 6) is -1.17. The van der Waals surface area contributed by atoms with Gasteiger partial charge in [-0.15, -0.1) is 0 Å². The van der Waals surface area contributed by atoms with Crippen LogP contribution in [0.1, 0.15) is 13.8 Å². The molecule has 1 aliphatic rings. The molecule has 0 bridgehead atoms. The van der Waals surface area contributed by atoms with Crippen molar-refractivity contribution in [2.75, 3.05) is 32.8 Å². The first-order valence-electron chi connectivity index (χ1n) is 5.81. The maximum absolute atomic E-state index is 11.8. The maximum Gasteiger partial charge on any atom is 0.416 e. The lowest BCUT2D eigenvalue weighted by molar-refractivity contribution is -0.139. The van der Waals surface area contributed by atoms with Crippen LogP contribution in [0, 0.1) is 5.92 Å². The zero-order valence-corrected chi connectivity index (χ0v) is 10.6. The van der Waals surface area contributed by atoms with Gasteiger partial charge >= 0.3 is 12.1 Å². The van der Waals surface area contributed by atoms with E-state index in [1.807, 2.05) is 13.8 Å². The number of carbonyl (C=O) groups excluding carboxylic acids is 2. The third kappa shape index (κ3) is 4.33. The lowest BCUT2D eigenvalue weighted by atomic mass is 10.2. The molecule has 0 aliphatic carbocycles. The van der Waals surface area contributed by atoms with Gasteiger partial charge in [-0.2, -0.15) is 0 Å². The third-order valence-electron chi connectivity index (χ3n) is 2.40. The van der Waals surface area contributed by atoms with Gasteiger partial charge in [-0.05, 0) is 5.92 Å². The highest BCUT2D eigenvalue weighted by molar-refractivity contribution is 5.94. The Labute approximate surface area is 105 Å². The van der Waals surface area contributed by atoms with E-state index < -0.39 is 18.0 Å². The van der Waals surface area contributed by atoms with Crippen molar-refractivity contribution in [1.82, 2.24) is 9.80 Å². The van der Waals surface area contributed by atoms with Crippen LogP contribution >= 0.6 is 0 Å². The molecule has 1 heterocycles. The van der Waals surface area contributed by atoms with Crippen LogP contribution in [0.25, 0.3) is 0 Å². The fourth-order valence-electron chi connectivity index (χ4n) is 1.79. The van der Waals surface area contributed by atoms with Gasteiger partial charge in [-0.1, -0.05) is 13.8 Å². The van der Waals surface area contributed by atoms with Crippen LogP contribution in [0.5, 0.6) is 0 Å². The molecular formula is C11H18N2O5. The molecule has 1 rings (SSSR count). The summed E-state index contributed by atoms with van der Waals surface area (Å²) in [6, 6.07) is 0. The van der Waals surface area contributed by atoms with E-state index in [1.165, 1.54) is 4.90 Å². The molecule has 0 aromatic heterocycles. The first-order chi connectivity index (χ1) is 8.40. The first-order valence-corrected chi connectivity index (χ1v) is 5.81. The number of carboxylic acids is 1. The van der Waals surface area contributed by atoms with Crippen LogP contribution in [-0.4, -0.2) is 65.7 Å². The van der Waals surface area contributed by atoms with E-state index in [4.69, 9.17) is 5.11 Å². The average molecular weight is 258 g/mol. The largest absolute Gasteiger partial charge is 0.480 e. The van der Waals surface area contributed by atoms with Crippen molar-refractivity contribution >= 4 is 18.0 Å². The van der Waals surface area contributed by atoms with Crippen molar-refractivity contribution in [3.63, 3.8) is 0 Å². The minimum atomic E-state index is -0.993. The summed E-state index contributed by atoms with van der Waals surface area (Å²) in [5, 5.41) is 8.77. The van der Waals surface area contributed by atoms with E-state index >= 15 is 0 Å². The van der Waals surface area contributed by atoms with Crippen LogP contribution in [0.4, 0.5) is 4.79 Å². The zero-order chi connectivity index (χ0) is 13.7. The number of amides is 2. The van der Waals surface area contributed by atoms with Gasteiger partial charge in [0.2, 0.25) is 5.91 Å². The molecule has 1 N–H and O–H groups in total. The molecule has 1 aliphatic heterocycles. The van der Waals surface area contributed by atoms with Gasteiger partial charge in [0.1, 0.15) is 6.61 Å². The number of cyclic esters (lactones) is 1. The molecule has 18 heavy (non-hydrogen) atoms. The van der Waals surface area contributed by atoms with E-state index in [9.17, 15) is 14.4 Å². The molecular weight excluding hydrogens is 240 g/mol. The molecule has 7 nitrogen and oxygen atoms in total. The van der Waals surface area contributed by atoms with Crippen LogP contribution in [0.2, 0.25) is 0 Å². The first kappa shape index (κ1) is 14.4. The SMILES string of the molecule is CC(C)CN(CC(=O)O)CC(=O)N1CCOC1=O. The summed E-state index contributed by atoms with van der Waals surface area (Å²) in [6.07, 6.45) is -0.653. The maximum atomic E-state index is 11.8. The second kappa shape index (κ2) is 6.34. The number of nitrogens with zero attached hydrogens (tertiary/aromatic N) is 2. The van der Waals surface area contributed by atoms with Crippen molar-refractivity contribution in [3.05, 3.63) is 0 Å². The highest BCUT2D eigenvalue weighted by Gasteiger charge is 2.29. The average Bonchev–Trinajstić information content (AvgIpc) is 2.61. The van der Waals surface area contributed by atoms with Gasteiger partial charge < -0.3 is 9.84 Å². The normalized spacial score (nSPS) is 15.3. The molecule has 0 aromatic rings. The summed E-state index contributed by atoms with van der Waals surface area (Å²) in [7, 11) is 0. The van der Waals surface area contributed by atoms with Gasteiger partial charge in [-0.25, -0.2) is 9.69 Å². The number of hydrogen-bond donors (Lipinski definition) is 1. The summed E-state index contributed by atoms with van der Waals surface area (Å²) < 4.78 is 4.66. The minimum absolute atomic E-state index is 0.0838. The molecule has 102 valence electrons. The van der Waals surface area contributed by atoms with Crippen molar-refractivity contribution in [2.24, 2.45) is 5.92 Å². The topological polar surface area (TPSA) is 87.2 Å². The Kier molecular flexibility index (Phi) is 5.08. The highest BCUT2D eigenvalue weighted by Crippen LogP contribution is 2.06. The molecule has 7 heteroatoms. The molecule has 0 saturated carbocycles. The van der Waals surface area contributed by atoms with E-state index in [2.05, 4.69) is 4.74 Å². The Balaban J connectivity index is 2.55. The predicted octanol–water partition coefficient (Wildman–Crippen LogP) is 0.00780. The molecule has 0 radical (unpaired) electrons. The number of carbonyl (C=O) groups is 3. The molecule has 1 saturated heterocycles. The van der Waals surface area contributed by atoms with Crippen molar-refractivity contribution in [3.8, 4) is 0 Å². The lowest BCUT2D eigenvalue weighted by Gasteiger charge is -2.23. The number of imide groups is 1. The van der Waals surface area contributed by atoms with Gasteiger partial charge in [0.05, 0.1) is 19.6 Å². The molecule has 0 spiro atoms. The number of carboxylic acid groups (broad SMARTS) is 1. The molecule has 0 unspecified atom stereocenters. The standard InChI is InChI=1S/C11H18N2O5/c1-8(2)5-12(7-10(15)16)6-9(14)13-3-4-18-11(13)17/h8H,3-7H2,1-2H3,(H,15,16). The molecule has 2 amide bonds. The fourth-order valence-corrected chi connectivity index (χ4v) is 1.79. The Morgan fingerprint density at radius 3 is 2.56 bits per heavy atom. The van der Waals surface area contributed by atoms with Crippen LogP contribution in [0.3, 0.4) is 0 Å². The predicted molar refractivity (Wildman–Crippen MR) is 62.0 cm³/mol. The van der Waals surface area contributed by atoms with Crippen molar-refractivity contribution in [1.29, 1.82) is 0 Å².